The summed E-state index contributed by atoms with van der Waals surface area (Å²) in [5, 5.41) is 3.27. The molecule has 0 saturated heterocycles. The van der Waals surface area contributed by atoms with Crippen molar-refractivity contribution in [3.63, 3.8) is 0 Å². The summed E-state index contributed by atoms with van der Waals surface area (Å²) < 4.78 is 28.6. The van der Waals surface area contributed by atoms with Crippen LogP contribution in [0.15, 0.2) is 76.1 Å². The van der Waals surface area contributed by atoms with E-state index in [1.165, 1.54) is 12.1 Å². The lowest BCUT2D eigenvalue weighted by Gasteiger charge is -2.24. The molecular weight excluding hydrogens is 488 g/mol. The molecule has 0 spiro atoms. The monoisotopic (exact) mass is 506 g/mol. The van der Waals surface area contributed by atoms with E-state index < -0.39 is 15.9 Å². The number of halogens is 2. The van der Waals surface area contributed by atoms with Crippen LogP contribution in [0.1, 0.15) is 11.1 Å². The van der Waals surface area contributed by atoms with Gasteiger partial charge in [0.1, 0.15) is 6.54 Å². The van der Waals surface area contributed by atoms with Gasteiger partial charge in [-0.1, -0.05) is 51.3 Å². The maximum absolute atomic E-state index is 13.4. The van der Waals surface area contributed by atoms with Crippen molar-refractivity contribution in [1.29, 1.82) is 0 Å². The van der Waals surface area contributed by atoms with Crippen molar-refractivity contribution in [2.45, 2.75) is 18.7 Å². The Hall–Kier alpha value is -2.35. The van der Waals surface area contributed by atoms with Crippen LogP contribution in [0.3, 0.4) is 0 Å². The van der Waals surface area contributed by atoms with Crippen molar-refractivity contribution in [1.82, 2.24) is 0 Å². The number of hydrogen-bond donors (Lipinski definition) is 1. The van der Waals surface area contributed by atoms with Crippen LogP contribution in [0.25, 0.3) is 0 Å². The van der Waals surface area contributed by atoms with Gasteiger partial charge in [-0.15, -0.1) is 0 Å². The number of benzene rings is 3. The molecule has 0 aromatic heterocycles. The molecule has 5 nitrogen and oxygen atoms in total. The molecule has 0 saturated carbocycles. The first-order valence-electron chi connectivity index (χ1n) is 9.08. The standard InChI is InChI=1S/C22H20BrClN2O3S/c1-15-6-12-19(13-7-15)30(28,29)26(18-10-8-17(23)9-11-18)14-22(27)25-21-5-3-4-20(24)16(21)2/h3-13H,14H2,1-2H3,(H,25,27). The summed E-state index contributed by atoms with van der Waals surface area (Å²) in [6.45, 7) is 3.28. The van der Waals surface area contributed by atoms with Gasteiger partial charge in [0.15, 0.2) is 0 Å². The van der Waals surface area contributed by atoms with E-state index in [1.54, 1.807) is 61.5 Å². The van der Waals surface area contributed by atoms with Crippen molar-refractivity contribution < 1.29 is 13.2 Å². The summed E-state index contributed by atoms with van der Waals surface area (Å²) in [5.74, 6) is -0.473. The zero-order valence-electron chi connectivity index (χ0n) is 16.4. The van der Waals surface area contributed by atoms with Crippen LogP contribution in [0, 0.1) is 13.8 Å². The highest BCUT2D eigenvalue weighted by molar-refractivity contribution is 9.10. The third-order valence-corrected chi connectivity index (χ3v) is 7.28. The maximum Gasteiger partial charge on any atom is 0.264 e. The molecule has 0 heterocycles. The Bertz CT molecular complexity index is 1160. The Labute approximate surface area is 189 Å². The number of rotatable bonds is 6. The molecule has 3 rings (SSSR count). The Balaban J connectivity index is 1.95. The van der Waals surface area contributed by atoms with Crippen LogP contribution in [-0.4, -0.2) is 20.9 Å². The van der Waals surface area contributed by atoms with Crippen molar-refractivity contribution in [2.24, 2.45) is 0 Å². The SMILES string of the molecule is Cc1ccc(S(=O)(=O)N(CC(=O)Nc2cccc(Cl)c2C)c2ccc(Br)cc2)cc1. The molecule has 0 aliphatic carbocycles. The molecule has 0 atom stereocenters. The first kappa shape index (κ1) is 22.3. The quantitative estimate of drug-likeness (QED) is 0.475. The molecule has 0 bridgehead atoms. The van der Waals surface area contributed by atoms with Crippen LogP contribution in [0.4, 0.5) is 11.4 Å². The lowest BCUT2D eigenvalue weighted by Crippen LogP contribution is -2.38. The Morgan fingerprint density at radius 1 is 1.00 bits per heavy atom. The van der Waals surface area contributed by atoms with Crippen LogP contribution in [0.2, 0.25) is 5.02 Å². The second kappa shape index (κ2) is 9.20. The summed E-state index contributed by atoms with van der Waals surface area (Å²) in [7, 11) is -3.96. The number of sulfonamides is 1. The number of nitrogens with zero attached hydrogens (tertiary/aromatic N) is 1. The van der Waals surface area contributed by atoms with Gasteiger partial charge in [0.2, 0.25) is 5.91 Å². The average Bonchev–Trinajstić information content (AvgIpc) is 2.71. The lowest BCUT2D eigenvalue weighted by atomic mass is 10.2. The van der Waals surface area contributed by atoms with Crippen LogP contribution >= 0.6 is 27.5 Å². The summed E-state index contributed by atoms with van der Waals surface area (Å²) in [5.41, 5.74) is 2.58. The average molecular weight is 508 g/mol. The number of amides is 1. The smallest absolute Gasteiger partial charge is 0.264 e. The molecule has 3 aromatic carbocycles. The van der Waals surface area contributed by atoms with Gasteiger partial charge in [0.25, 0.3) is 10.0 Å². The van der Waals surface area contributed by atoms with Crippen LogP contribution in [-0.2, 0) is 14.8 Å². The fraction of sp³-hybridized carbons (Fsp3) is 0.136. The molecule has 0 aliphatic heterocycles. The fourth-order valence-corrected chi connectivity index (χ4v) is 4.68. The van der Waals surface area contributed by atoms with Gasteiger partial charge >= 0.3 is 0 Å². The molecule has 1 amide bonds. The Morgan fingerprint density at radius 2 is 1.63 bits per heavy atom. The number of aryl methyl sites for hydroxylation is 1. The van der Waals surface area contributed by atoms with E-state index in [4.69, 9.17) is 11.6 Å². The maximum atomic E-state index is 13.4. The van der Waals surface area contributed by atoms with Gasteiger partial charge in [-0.05, 0) is 67.9 Å². The number of hydrogen-bond acceptors (Lipinski definition) is 3. The van der Waals surface area contributed by atoms with Crippen molar-refractivity contribution >= 4 is 54.8 Å². The molecule has 0 unspecified atom stereocenters. The third-order valence-electron chi connectivity index (χ3n) is 4.55. The minimum absolute atomic E-state index is 0.114. The first-order chi connectivity index (χ1) is 14.2. The highest BCUT2D eigenvalue weighted by atomic mass is 79.9. The van der Waals surface area contributed by atoms with Crippen molar-refractivity contribution in [3.05, 3.63) is 87.4 Å². The predicted molar refractivity (Wildman–Crippen MR) is 125 cm³/mol. The largest absolute Gasteiger partial charge is 0.324 e. The predicted octanol–water partition coefficient (Wildman–Crippen LogP) is 5.55. The van der Waals surface area contributed by atoms with Gasteiger partial charge in [-0.3, -0.25) is 9.10 Å². The third kappa shape index (κ3) is 5.03. The summed E-state index contributed by atoms with van der Waals surface area (Å²) >= 11 is 9.47. The zero-order valence-corrected chi connectivity index (χ0v) is 19.6. The molecule has 30 heavy (non-hydrogen) atoms. The molecular formula is C22H20BrClN2O3S. The second-order valence-corrected chi connectivity index (χ2v) is 9.95. The highest BCUT2D eigenvalue weighted by Crippen LogP contribution is 2.27. The van der Waals surface area contributed by atoms with Gasteiger partial charge in [-0.25, -0.2) is 8.42 Å². The first-order valence-corrected chi connectivity index (χ1v) is 11.7. The Morgan fingerprint density at radius 3 is 2.27 bits per heavy atom. The molecule has 0 aliphatic rings. The second-order valence-electron chi connectivity index (χ2n) is 6.76. The molecule has 0 fully saturated rings. The van der Waals surface area contributed by atoms with E-state index in [1.807, 2.05) is 6.92 Å². The summed E-state index contributed by atoms with van der Waals surface area (Å²) in [4.78, 5) is 12.9. The zero-order chi connectivity index (χ0) is 21.9. The molecule has 156 valence electrons. The molecule has 8 heteroatoms. The van der Waals surface area contributed by atoms with E-state index in [9.17, 15) is 13.2 Å². The summed E-state index contributed by atoms with van der Waals surface area (Å²) in [6.07, 6.45) is 0. The van der Waals surface area contributed by atoms with Gasteiger partial charge in [0, 0.05) is 15.2 Å². The van der Waals surface area contributed by atoms with Crippen LogP contribution < -0.4 is 9.62 Å². The van der Waals surface area contributed by atoms with Gasteiger partial charge in [-0.2, -0.15) is 0 Å². The van der Waals surface area contributed by atoms with E-state index in [0.29, 0.717) is 22.0 Å². The van der Waals surface area contributed by atoms with Gasteiger partial charge in [0.05, 0.1) is 10.6 Å². The van der Waals surface area contributed by atoms with Crippen molar-refractivity contribution in [2.75, 3.05) is 16.2 Å². The van der Waals surface area contributed by atoms with E-state index in [2.05, 4.69) is 21.2 Å². The van der Waals surface area contributed by atoms with E-state index in [0.717, 1.165) is 14.3 Å². The summed E-state index contributed by atoms with van der Waals surface area (Å²) in [6, 6.07) is 18.4. The van der Waals surface area contributed by atoms with E-state index in [-0.39, 0.29) is 11.4 Å². The van der Waals surface area contributed by atoms with Crippen molar-refractivity contribution in [3.8, 4) is 0 Å². The van der Waals surface area contributed by atoms with Gasteiger partial charge < -0.3 is 5.32 Å². The number of carbonyl (C=O) groups excluding carboxylic acids is 1. The number of anilines is 2. The molecule has 3 aromatic rings. The molecule has 0 radical (unpaired) electrons. The number of nitrogens with one attached hydrogen (secondary N) is 1. The highest BCUT2D eigenvalue weighted by Gasteiger charge is 2.27. The lowest BCUT2D eigenvalue weighted by molar-refractivity contribution is -0.114. The van der Waals surface area contributed by atoms with E-state index >= 15 is 0 Å². The van der Waals surface area contributed by atoms with Crippen LogP contribution in [0.5, 0.6) is 0 Å². The minimum Gasteiger partial charge on any atom is -0.324 e. The molecule has 1 N–H and O–H groups in total. The number of carbonyl (C=O) groups is 1. The Kier molecular flexibility index (Phi) is 6.85. The minimum atomic E-state index is -3.96. The topological polar surface area (TPSA) is 66.5 Å². The fourth-order valence-electron chi connectivity index (χ4n) is 2.82. The normalized spacial score (nSPS) is 11.2.